The van der Waals surface area contributed by atoms with Crippen LogP contribution in [0.15, 0.2) is 60.7 Å². The number of methoxy groups -OCH3 is 1. The summed E-state index contributed by atoms with van der Waals surface area (Å²) in [5.74, 6) is 1.39. The zero-order valence-corrected chi connectivity index (χ0v) is 13.7. The molecule has 0 atom stereocenters. The summed E-state index contributed by atoms with van der Waals surface area (Å²) in [5, 5.41) is 11.7. The van der Waals surface area contributed by atoms with Gasteiger partial charge in [0.25, 0.3) is 0 Å². The molecule has 4 nitrogen and oxygen atoms in total. The van der Waals surface area contributed by atoms with Crippen LogP contribution in [0.4, 0.5) is 0 Å². The van der Waals surface area contributed by atoms with Crippen molar-refractivity contribution in [3.05, 3.63) is 72.1 Å². The van der Waals surface area contributed by atoms with Crippen molar-refractivity contribution < 1.29 is 4.74 Å². The molecule has 0 spiro atoms. The molecule has 1 aromatic heterocycles. The molecule has 0 bridgehead atoms. The minimum atomic E-state index is 0.492. The third kappa shape index (κ3) is 2.62. The number of nitrogens with zero attached hydrogens (tertiary/aromatic N) is 2. The van der Waals surface area contributed by atoms with E-state index in [9.17, 15) is 5.26 Å². The SMILES string of the molecule is COc1ccc(C=C(C#N)c2nc3ccccc3[nH]2)c2ccccc12. The number of hydrogen-bond donors (Lipinski definition) is 1. The highest BCUT2D eigenvalue weighted by atomic mass is 16.5. The van der Waals surface area contributed by atoms with Gasteiger partial charge in [0.1, 0.15) is 17.6 Å². The van der Waals surface area contributed by atoms with E-state index in [2.05, 4.69) is 16.0 Å². The van der Waals surface area contributed by atoms with Crippen molar-refractivity contribution in [3.8, 4) is 11.8 Å². The molecule has 1 heterocycles. The largest absolute Gasteiger partial charge is 0.496 e. The molecule has 4 heteroatoms. The van der Waals surface area contributed by atoms with Crippen LogP contribution >= 0.6 is 0 Å². The lowest BCUT2D eigenvalue weighted by atomic mass is 10.0. The number of rotatable bonds is 3. The van der Waals surface area contributed by atoms with Crippen LogP contribution in [0.3, 0.4) is 0 Å². The van der Waals surface area contributed by atoms with Gasteiger partial charge in [0.15, 0.2) is 0 Å². The highest BCUT2D eigenvalue weighted by Gasteiger charge is 2.10. The summed E-state index contributed by atoms with van der Waals surface area (Å²) in [6.45, 7) is 0. The van der Waals surface area contributed by atoms with Gasteiger partial charge < -0.3 is 9.72 Å². The van der Waals surface area contributed by atoms with Gasteiger partial charge >= 0.3 is 0 Å². The third-order valence-electron chi connectivity index (χ3n) is 4.20. The molecule has 4 aromatic rings. The van der Waals surface area contributed by atoms with Crippen LogP contribution in [0.25, 0.3) is 33.5 Å². The number of nitrogens with one attached hydrogen (secondary N) is 1. The summed E-state index contributed by atoms with van der Waals surface area (Å²) in [6.07, 6.45) is 1.86. The Morgan fingerprint density at radius 1 is 1.04 bits per heavy atom. The minimum Gasteiger partial charge on any atom is -0.496 e. The number of aromatic nitrogens is 2. The van der Waals surface area contributed by atoms with Crippen LogP contribution in [-0.2, 0) is 0 Å². The summed E-state index contributed by atoms with van der Waals surface area (Å²) in [6, 6.07) is 21.9. The molecule has 0 aliphatic rings. The second kappa shape index (κ2) is 6.14. The van der Waals surface area contributed by atoms with E-state index >= 15 is 0 Å². The predicted octanol–water partition coefficient (Wildman–Crippen LogP) is 4.79. The summed E-state index contributed by atoms with van der Waals surface area (Å²) < 4.78 is 5.43. The molecule has 1 N–H and O–H groups in total. The van der Waals surface area contributed by atoms with Crippen molar-refractivity contribution in [1.29, 1.82) is 5.26 Å². The average molecular weight is 325 g/mol. The Bertz CT molecular complexity index is 1120. The van der Waals surface area contributed by atoms with Crippen LogP contribution in [0, 0.1) is 11.3 Å². The number of fused-ring (bicyclic) bond motifs is 2. The molecule has 0 radical (unpaired) electrons. The van der Waals surface area contributed by atoms with Crippen LogP contribution < -0.4 is 4.74 Å². The summed E-state index contributed by atoms with van der Waals surface area (Å²) in [4.78, 5) is 7.73. The topological polar surface area (TPSA) is 61.7 Å². The Hall–Kier alpha value is -3.58. The number of nitriles is 1. The van der Waals surface area contributed by atoms with Crippen LogP contribution in [-0.4, -0.2) is 17.1 Å². The first-order chi connectivity index (χ1) is 12.3. The molecule has 120 valence electrons. The van der Waals surface area contributed by atoms with E-state index in [-0.39, 0.29) is 0 Å². The Balaban J connectivity index is 1.89. The number of aromatic amines is 1. The number of para-hydroxylation sites is 2. The lowest BCUT2D eigenvalue weighted by Crippen LogP contribution is -1.89. The van der Waals surface area contributed by atoms with Gasteiger partial charge in [-0.15, -0.1) is 0 Å². The standard InChI is InChI=1S/C21H15N3O/c1-25-20-11-10-14(16-6-2-3-7-17(16)20)12-15(13-22)21-23-18-8-4-5-9-19(18)24-21/h2-12H,1H3,(H,23,24). The van der Waals surface area contributed by atoms with Crippen molar-refractivity contribution in [3.63, 3.8) is 0 Å². The number of hydrogen-bond acceptors (Lipinski definition) is 3. The van der Waals surface area contributed by atoms with E-state index in [0.717, 1.165) is 33.1 Å². The first-order valence-corrected chi connectivity index (χ1v) is 7.93. The maximum absolute atomic E-state index is 9.64. The normalized spacial score (nSPS) is 11.6. The average Bonchev–Trinajstić information content (AvgIpc) is 3.10. The van der Waals surface area contributed by atoms with Gasteiger partial charge in [-0.3, -0.25) is 0 Å². The summed E-state index contributed by atoms with van der Waals surface area (Å²) >= 11 is 0. The van der Waals surface area contributed by atoms with Crippen LogP contribution in [0.5, 0.6) is 5.75 Å². The number of imidazole rings is 1. The van der Waals surface area contributed by atoms with Crippen molar-refractivity contribution in [2.24, 2.45) is 0 Å². The molecule has 0 saturated carbocycles. The maximum atomic E-state index is 9.64. The van der Waals surface area contributed by atoms with Crippen molar-refractivity contribution in [2.45, 2.75) is 0 Å². The van der Waals surface area contributed by atoms with Crippen molar-refractivity contribution in [1.82, 2.24) is 9.97 Å². The molecule has 25 heavy (non-hydrogen) atoms. The highest BCUT2D eigenvalue weighted by Crippen LogP contribution is 2.30. The van der Waals surface area contributed by atoms with Gasteiger partial charge in [0.2, 0.25) is 0 Å². The van der Waals surface area contributed by atoms with Gasteiger partial charge in [-0.25, -0.2) is 4.98 Å². The highest BCUT2D eigenvalue weighted by molar-refractivity contribution is 6.00. The van der Waals surface area contributed by atoms with Gasteiger partial charge in [-0.05, 0) is 35.2 Å². The van der Waals surface area contributed by atoms with Gasteiger partial charge in [-0.2, -0.15) is 5.26 Å². The first kappa shape index (κ1) is 15.0. The van der Waals surface area contributed by atoms with E-state index in [0.29, 0.717) is 11.4 Å². The predicted molar refractivity (Wildman–Crippen MR) is 100 cm³/mol. The number of ether oxygens (including phenoxy) is 1. The monoisotopic (exact) mass is 325 g/mol. The Labute approximate surface area is 145 Å². The van der Waals surface area contributed by atoms with Gasteiger partial charge in [0.05, 0.1) is 23.7 Å². The molecule has 4 rings (SSSR count). The third-order valence-corrected chi connectivity index (χ3v) is 4.20. The smallest absolute Gasteiger partial charge is 0.149 e. The second-order valence-corrected chi connectivity index (χ2v) is 5.68. The quantitative estimate of drug-likeness (QED) is 0.551. The van der Waals surface area contributed by atoms with E-state index in [1.165, 1.54) is 0 Å². The van der Waals surface area contributed by atoms with Gasteiger partial charge in [0, 0.05) is 5.39 Å². The number of H-pyrrole nitrogens is 1. The molecule has 0 saturated heterocycles. The lowest BCUT2D eigenvalue weighted by Gasteiger charge is -2.08. The zero-order chi connectivity index (χ0) is 17.2. The minimum absolute atomic E-state index is 0.492. The Morgan fingerprint density at radius 3 is 2.56 bits per heavy atom. The van der Waals surface area contributed by atoms with Crippen LogP contribution in [0.2, 0.25) is 0 Å². The van der Waals surface area contributed by atoms with Crippen molar-refractivity contribution in [2.75, 3.05) is 7.11 Å². The molecule has 0 aliphatic heterocycles. The number of allylic oxidation sites excluding steroid dienone is 1. The molecule has 0 aliphatic carbocycles. The maximum Gasteiger partial charge on any atom is 0.149 e. The lowest BCUT2D eigenvalue weighted by molar-refractivity contribution is 0.420. The molecule has 0 unspecified atom stereocenters. The van der Waals surface area contributed by atoms with E-state index < -0.39 is 0 Å². The van der Waals surface area contributed by atoms with Crippen molar-refractivity contribution >= 4 is 33.5 Å². The van der Waals surface area contributed by atoms with E-state index in [4.69, 9.17) is 4.74 Å². The molecular weight excluding hydrogens is 310 g/mol. The molecule has 0 fully saturated rings. The second-order valence-electron chi connectivity index (χ2n) is 5.68. The Kier molecular flexibility index (Phi) is 3.68. The fraction of sp³-hybridized carbons (Fsp3) is 0.0476. The fourth-order valence-corrected chi connectivity index (χ4v) is 2.99. The van der Waals surface area contributed by atoms with E-state index in [1.807, 2.05) is 66.7 Å². The number of benzene rings is 3. The summed E-state index contributed by atoms with van der Waals surface area (Å²) in [5.41, 5.74) is 3.21. The first-order valence-electron chi connectivity index (χ1n) is 7.93. The Morgan fingerprint density at radius 2 is 1.80 bits per heavy atom. The zero-order valence-electron chi connectivity index (χ0n) is 13.7. The molecular formula is C21H15N3O. The molecule has 0 amide bonds. The fourth-order valence-electron chi connectivity index (χ4n) is 2.99. The summed E-state index contributed by atoms with van der Waals surface area (Å²) in [7, 11) is 1.66. The van der Waals surface area contributed by atoms with E-state index in [1.54, 1.807) is 7.11 Å². The van der Waals surface area contributed by atoms with Crippen LogP contribution in [0.1, 0.15) is 11.4 Å². The molecule has 3 aromatic carbocycles. The van der Waals surface area contributed by atoms with Gasteiger partial charge in [-0.1, -0.05) is 42.5 Å².